The molecule has 13 heavy (non-hydrogen) atoms. The third kappa shape index (κ3) is 361. The molecular weight excluding hydrogens is 270 g/mol. The summed E-state index contributed by atoms with van der Waals surface area (Å²) in [5, 5.41) is 0. The van der Waals surface area contributed by atoms with E-state index in [-0.39, 0.29) is 120 Å². The number of rotatable bonds is 0. The predicted octanol–water partition coefficient (Wildman–Crippen LogP) is -0.952. The molecule has 8 heteroatoms. The van der Waals surface area contributed by atoms with E-state index >= 15 is 0 Å². The molecule has 0 spiro atoms. The Morgan fingerprint density at radius 1 is 0.385 bits per heavy atom. The van der Waals surface area contributed by atoms with E-state index in [1.165, 1.54) is 0 Å². The Morgan fingerprint density at radius 2 is 0.385 bits per heavy atom. The van der Waals surface area contributed by atoms with Crippen LogP contribution in [0.4, 0.5) is 0 Å². The second-order valence-corrected chi connectivity index (χ2v) is 0. The first-order chi connectivity index (χ1) is 5.00. The van der Waals surface area contributed by atoms with Crippen LogP contribution in [0, 0.1) is 33.3 Å². The van der Waals surface area contributed by atoms with Gasteiger partial charge in [-0.25, -0.2) is 0 Å². The zero-order valence-corrected chi connectivity index (χ0v) is 14.5. The summed E-state index contributed by atoms with van der Waals surface area (Å²) in [4.78, 5) is 0. The van der Waals surface area contributed by atoms with Crippen molar-refractivity contribution in [1.29, 1.82) is 0 Å². The summed E-state index contributed by atoms with van der Waals surface area (Å²) in [5.74, 6) is 0. The van der Waals surface area contributed by atoms with Gasteiger partial charge in [-0.05, 0) is 0 Å². The topological polar surface area (TPSA) is 99.5 Å². The summed E-state index contributed by atoms with van der Waals surface area (Å²) in [6.07, 6.45) is 0. The average molecular weight is 270 g/mol. The van der Waals surface area contributed by atoms with Crippen LogP contribution in [0.5, 0.6) is 0 Å². The minimum absolute atomic E-state index is 0. The summed E-state index contributed by atoms with van der Waals surface area (Å²) in [5.41, 5.74) is 0. The van der Waals surface area contributed by atoms with Crippen molar-refractivity contribution in [3.05, 3.63) is 33.3 Å². The van der Waals surface area contributed by atoms with Crippen molar-refractivity contribution in [3.8, 4) is 0 Å². The summed E-state index contributed by atoms with van der Waals surface area (Å²) >= 11 is 0. The van der Waals surface area contributed by atoms with Gasteiger partial charge in [0.2, 0.25) is 0 Å². The standard InChI is InChI=1S/5CO.Cr.2K/c5*1-2;;;. The van der Waals surface area contributed by atoms with E-state index in [2.05, 4.69) is 33.3 Å². The van der Waals surface area contributed by atoms with E-state index in [1.54, 1.807) is 0 Å². The molecule has 0 heterocycles. The van der Waals surface area contributed by atoms with Crippen LogP contribution in [0.3, 0.4) is 0 Å². The fourth-order valence-corrected chi connectivity index (χ4v) is 0. The second kappa shape index (κ2) is 422. The van der Waals surface area contributed by atoms with Crippen LogP contribution in [0.25, 0.3) is 0 Å². The first kappa shape index (κ1) is 57.9. The Morgan fingerprint density at radius 3 is 0.385 bits per heavy atom. The molecule has 58 valence electrons. The fraction of sp³-hybridized carbons (Fsp3) is 0. The molecule has 0 fully saturated rings. The molecule has 0 N–H and O–H groups in total. The first-order valence-electron chi connectivity index (χ1n) is 1.02. The van der Waals surface area contributed by atoms with E-state index in [1.807, 2.05) is 0 Å². The van der Waals surface area contributed by atoms with Gasteiger partial charge in [0.15, 0.2) is 0 Å². The Kier molecular flexibility index (Phi) is 1880. The predicted molar refractivity (Wildman–Crippen MR) is 31.2 cm³/mol. The number of hydrogen-bond donors (Lipinski definition) is 0. The van der Waals surface area contributed by atoms with Gasteiger partial charge in [0.1, 0.15) is 0 Å². The van der Waals surface area contributed by atoms with E-state index in [4.69, 9.17) is 23.3 Å². The molecule has 0 saturated heterocycles. The quantitative estimate of drug-likeness (QED) is 0.308. The molecule has 0 aromatic carbocycles. The van der Waals surface area contributed by atoms with Crippen molar-refractivity contribution in [2.45, 2.75) is 0 Å². The molecule has 0 aliphatic heterocycles. The zero-order valence-electron chi connectivity index (χ0n) is 6.95. The minimum atomic E-state index is 0. The van der Waals surface area contributed by atoms with E-state index < -0.39 is 0 Å². The van der Waals surface area contributed by atoms with Crippen LogP contribution >= 0.6 is 0 Å². The van der Waals surface area contributed by atoms with Crippen LogP contribution in [0.15, 0.2) is 0 Å². The monoisotopic (exact) mass is 270 g/mol. The third-order valence-electron chi connectivity index (χ3n) is 0. The molecule has 0 bridgehead atoms. The zero-order chi connectivity index (χ0) is 10.0. The van der Waals surface area contributed by atoms with Crippen LogP contribution in [-0.2, 0) is 40.6 Å². The van der Waals surface area contributed by atoms with Crippen molar-refractivity contribution in [2.75, 3.05) is 0 Å². The average Bonchev–Trinajstić information content (AvgIpc) is 2.20. The summed E-state index contributed by atoms with van der Waals surface area (Å²) < 4.78 is 37.5. The number of hydrogen-bond acceptors (Lipinski definition) is 0. The van der Waals surface area contributed by atoms with Crippen LogP contribution < -0.4 is 0 Å². The molecular formula is C5CrK2O5. The van der Waals surface area contributed by atoms with Gasteiger partial charge >= 0.3 is 56.5 Å². The van der Waals surface area contributed by atoms with E-state index in [9.17, 15) is 0 Å². The Hall–Kier alpha value is 2.51. The SMILES string of the molecule is [C-]#[O+].[C-]#[O+].[C-]#[O+].[C-]#[O+].[C-]#[O+].[Cr].[K].[K]. The van der Waals surface area contributed by atoms with E-state index in [0.717, 1.165) is 0 Å². The van der Waals surface area contributed by atoms with Gasteiger partial charge in [-0.15, -0.1) is 0 Å². The smallest absolute Gasteiger partial charge is 0 e. The van der Waals surface area contributed by atoms with Crippen molar-refractivity contribution >= 4 is 103 Å². The maximum absolute atomic E-state index is 7.50. The molecule has 0 unspecified atom stereocenters. The van der Waals surface area contributed by atoms with Gasteiger partial charge < -0.3 is 0 Å². The first-order valence-corrected chi connectivity index (χ1v) is 1.02. The van der Waals surface area contributed by atoms with Gasteiger partial charge in [0.25, 0.3) is 0 Å². The summed E-state index contributed by atoms with van der Waals surface area (Å²) in [6, 6.07) is 0. The van der Waals surface area contributed by atoms with Crippen molar-refractivity contribution in [1.82, 2.24) is 0 Å². The fourth-order valence-electron chi connectivity index (χ4n) is 0. The van der Waals surface area contributed by atoms with Crippen molar-refractivity contribution in [2.24, 2.45) is 0 Å². The van der Waals surface area contributed by atoms with Crippen LogP contribution in [-0.4, -0.2) is 103 Å². The van der Waals surface area contributed by atoms with Crippen LogP contribution in [0.2, 0.25) is 0 Å². The minimum Gasteiger partial charge on any atom is 0 e. The molecule has 0 atom stereocenters. The van der Waals surface area contributed by atoms with Gasteiger partial charge in [0, 0.05) is 120 Å². The molecule has 0 saturated carbocycles. The molecule has 0 rings (SSSR count). The van der Waals surface area contributed by atoms with Crippen LogP contribution in [0.1, 0.15) is 0 Å². The van der Waals surface area contributed by atoms with E-state index in [0.29, 0.717) is 0 Å². The Bertz CT molecular complexity index is 81.5. The molecule has 0 aliphatic carbocycles. The van der Waals surface area contributed by atoms with Gasteiger partial charge in [-0.3, -0.25) is 0 Å². The summed E-state index contributed by atoms with van der Waals surface area (Å²) in [7, 11) is 0. The van der Waals surface area contributed by atoms with Gasteiger partial charge in [0.05, 0.1) is 0 Å². The second-order valence-electron chi connectivity index (χ2n) is 0. The molecule has 0 aromatic heterocycles. The van der Waals surface area contributed by atoms with Crippen molar-refractivity contribution < 1.29 is 40.6 Å². The molecule has 0 aliphatic rings. The maximum atomic E-state index is 7.50. The van der Waals surface area contributed by atoms with Gasteiger partial charge in [-0.2, -0.15) is 0 Å². The normalized spacial score (nSPS) is 0.769. The molecule has 0 amide bonds. The summed E-state index contributed by atoms with van der Waals surface area (Å²) in [6.45, 7) is 22.5. The maximum Gasteiger partial charge on any atom is 0 e. The van der Waals surface area contributed by atoms with Crippen molar-refractivity contribution in [3.63, 3.8) is 0 Å². The van der Waals surface area contributed by atoms with Gasteiger partial charge in [-0.1, -0.05) is 0 Å². The molecule has 0 aromatic rings. The molecule has 5 nitrogen and oxygen atoms in total. The Labute approximate surface area is 172 Å². The molecule has 2 radical (unpaired) electrons. The third-order valence-corrected chi connectivity index (χ3v) is 0. The largest absolute Gasteiger partial charge is 0 e. The Balaban J connectivity index is -0.00000000379.